The van der Waals surface area contributed by atoms with Gasteiger partial charge >= 0.3 is 5.97 Å². The number of allylic oxidation sites excluding steroid dienone is 1. The maximum Gasteiger partial charge on any atom is 0.305 e. The first-order valence-corrected chi connectivity index (χ1v) is 5.73. The molecule has 0 rings (SSSR count). The minimum absolute atomic E-state index is 0.109. The standard InChI is InChI=1S/C12H20N2O4/c1-9(2)8-11(16)14(6-4-12(17)18)7-5-13-10(3)15/h8H,4-7H2,1-3H3,(H,13,15)(H,17,18). The Hall–Kier alpha value is -1.85. The summed E-state index contributed by atoms with van der Waals surface area (Å²) >= 11 is 0. The highest BCUT2D eigenvalue weighted by molar-refractivity contribution is 5.88. The van der Waals surface area contributed by atoms with E-state index in [-0.39, 0.29) is 24.8 Å². The Morgan fingerprint density at radius 3 is 2.22 bits per heavy atom. The van der Waals surface area contributed by atoms with E-state index in [4.69, 9.17) is 5.11 Å². The number of hydrogen-bond acceptors (Lipinski definition) is 3. The lowest BCUT2D eigenvalue weighted by Crippen LogP contribution is -2.38. The van der Waals surface area contributed by atoms with Gasteiger partial charge < -0.3 is 15.3 Å². The summed E-state index contributed by atoms with van der Waals surface area (Å²) in [7, 11) is 0. The molecule has 2 N–H and O–H groups in total. The monoisotopic (exact) mass is 256 g/mol. The van der Waals surface area contributed by atoms with Crippen molar-refractivity contribution in [1.29, 1.82) is 0 Å². The Labute approximate surface area is 107 Å². The van der Waals surface area contributed by atoms with Crippen LogP contribution in [0.15, 0.2) is 11.6 Å². The largest absolute Gasteiger partial charge is 0.481 e. The molecule has 0 aliphatic carbocycles. The molecule has 2 amide bonds. The fraction of sp³-hybridized carbons (Fsp3) is 0.583. The molecule has 0 fully saturated rings. The molecule has 0 spiro atoms. The first kappa shape index (κ1) is 16.1. The van der Waals surface area contributed by atoms with Gasteiger partial charge in [-0.1, -0.05) is 5.57 Å². The summed E-state index contributed by atoms with van der Waals surface area (Å²) in [6.45, 7) is 5.73. The number of carboxylic acids is 1. The van der Waals surface area contributed by atoms with Crippen LogP contribution >= 0.6 is 0 Å². The van der Waals surface area contributed by atoms with Gasteiger partial charge in [0.2, 0.25) is 11.8 Å². The maximum atomic E-state index is 11.8. The van der Waals surface area contributed by atoms with Crippen molar-refractivity contribution >= 4 is 17.8 Å². The number of nitrogens with one attached hydrogen (secondary N) is 1. The van der Waals surface area contributed by atoms with Gasteiger partial charge in [-0.2, -0.15) is 0 Å². The summed E-state index contributed by atoms with van der Waals surface area (Å²) in [6.07, 6.45) is 1.35. The zero-order chi connectivity index (χ0) is 14.1. The second-order valence-corrected chi connectivity index (χ2v) is 4.17. The van der Waals surface area contributed by atoms with Crippen LogP contribution in [0.25, 0.3) is 0 Å². The lowest BCUT2D eigenvalue weighted by molar-refractivity contribution is -0.138. The van der Waals surface area contributed by atoms with Crippen molar-refractivity contribution in [3.8, 4) is 0 Å². The minimum atomic E-state index is -0.954. The summed E-state index contributed by atoms with van der Waals surface area (Å²) in [4.78, 5) is 34.4. The molecule has 0 radical (unpaired) electrons. The van der Waals surface area contributed by atoms with Crippen LogP contribution in [0, 0.1) is 0 Å². The maximum absolute atomic E-state index is 11.8. The second-order valence-electron chi connectivity index (χ2n) is 4.17. The summed E-state index contributed by atoms with van der Waals surface area (Å²) in [5, 5.41) is 11.2. The summed E-state index contributed by atoms with van der Waals surface area (Å²) < 4.78 is 0. The van der Waals surface area contributed by atoms with Crippen molar-refractivity contribution in [2.45, 2.75) is 27.2 Å². The Morgan fingerprint density at radius 2 is 1.78 bits per heavy atom. The van der Waals surface area contributed by atoms with Crippen LogP contribution < -0.4 is 5.32 Å². The van der Waals surface area contributed by atoms with Crippen molar-refractivity contribution in [1.82, 2.24) is 10.2 Å². The van der Waals surface area contributed by atoms with Crippen LogP contribution in [0.2, 0.25) is 0 Å². The summed E-state index contributed by atoms with van der Waals surface area (Å²) in [5.41, 5.74) is 0.847. The van der Waals surface area contributed by atoms with Gasteiger partial charge in [-0.25, -0.2) is 0 Å². The molecule has 6 nitrogen and oxygen atoms in total. The normalized spacial score (nSPS) is 9.50. The van der Waals surface area contributed by atoms with E-state index >= 15 is 0 Å². The molecule has 0 bridgehead atoms. The Bertz CT molecular complexity index is 346. The fourth-order valence-electron chi connectivity index (χ4n) is 1.27. The predicted molar refractivity (Wildman–Crippen MR) is 66.9 cm³/mol. The minimum Gasteiger partial charge on any atom is -0.481 e. The summed E-state index contributed by atoms with van der Waals surface area (Å²) in [6, 6.07) is 0. The molecule has 0 saturated carbocycles. The van der Waals surface area contributed by atoms with E-state index in [9.17, 15) is 14.4 Å². The molecule has 0 aliphatic rings. The zero-order valence-electron chi connectivity index (χ0n) is 11.0. The fourth-order valence-corrected chi connectivity index (χ4v) is 1.27. The van der Waals surface area contributed by atoms with Crippen LogP contribution in [0.5, 0.6) is 0 Å². The summed E-state index contributed by atoms with van der Waals surface area (Å²) in [5.74, 6) is -1.37. The number of aliphatic carboxylic acids is 1. The van der Waals surface area contributed by atoms with E-state index in [2.05, 4.69) is 5.32 Å². The van der Waals surface area contributed by atoms with E-state index < -0.39 is 5.97 Å². The van der Waals surface area contributed by atoms with E-state index in [1.54, 1.807) is 13.8 Å². The number of carbonyl (C=O) groups is 3. The molecule has 0 aromatic rings. The zero-order valence-corrected chi connectivity index (χ0v) is 11.0. The SMILES string of the molecule is CC(=O)NCCN(CCC(=O)O)C(=O)C=C(C)C. The van der Waals surface area contributed by atoms with Crippen LogP contribution in [0.4, 0.5) is 0 Å². The lowest BCUT2D eigenvalue weighted by atomic mass is 10.3. The van der Waals surface area contributed by atoms with Gasteiger partial charge in [0.15, 0.2) is 0 Å². The van der Waals surface area contributed by atoms with Gasteiger partial charge in [0.25, 0.3) is 0 Å². The molecule has 102 valence electrons. The molecule has 0 heterocycles. The van der Waals surface area contributed by atoms with E-state index in [1.807, 2.05) is 0 Å². The highest BCUT2D eigenvalue weighted by Crippen LogP contribution is 1.98. The van der Waals surface area contributed by atoms with E-state index in [0.717, 1.165) is 5.57 Å². The number of carboxylic acid groups (broad SMARTS) is 1. The van der Waals surface area contributed by atoms with E-state index in [0.29, 0.717) is 13.1 Å². The third-order valence-corrected chi connectivity index (χ3v) is 2.08. The molecule has 0 aliphatic heterocycles. The number of hydrogen-bond donors (Lipinski definition) is 2. The number of amides is 2. The molecule has 6 heteroatoms. The molecule has 0 atom stereocenters. The van der Waals surface area contributed by atoms with Gasteiger partial charge in [-0.05, 0) is 13.8 Å². The van der Waals surface area contributed by atoms with Gasteiger partial charge in [0.05, 0.1) is 6.42 Å². The van der Waals surface area contributed by atoms with Crippen LogP contribution in [-0.2, 0) is 14.4 Å². The predicted octanol–water partition coefficient (Wildman–Crippen LogP) is 0.392. The molecule has 0 aromatic heterocycles. The van der Waals surface area contributed by atoms with Crippen LogP contribution in [0.1, 0.15) is 27.2 Å². The molecular formula is C12H20N2O4. The first-order valence-electron chi connectivity index (χ1n) is 5.73. The van der Waals surface area contributed by atoms with Crippen LogP contribution in [0.3, 0.4) is 0 Å². The molecular weight excluding hydrogens is 236 g/mol. The highest BCUT2D eigenvalue weighted by atomic mass is 16.4. The number of nitrogens with zero attached hydrogens (tertiary/aromatic N) is 1. The van der Waals surface area contributed by atoms with Gasteiger partial charge in [-0.3, -0.25) is 14.4 Å². The van der Waals surface area contributed by atoms with Gasteiger partial charge in [-0.15, -0.1) is 0 Å². The Morgan fingerprint density at radius 1 is 1.17 bits per heavy atom. The van der Waals surface area contributed by atoms with Gasteiger partial charge in [0.1, 0.15) is 0 Å². The third kappa shape index (κ3) is 8.32. The molecule has 0 unspecified atom stereocenters. The average molecular weight is 256 g/mol. The molecule has 18 heavy (non-hydrogen) atoms. The number of carbonyl (C=O) groups excluding carboxylic acids is 2. The van der Waals surface area contributed by atoms with Gasteiger partial charge in [0, 0.05) is 32.6 Å². The number of rotatable bonds is 7. The topological polar surface area (TPSA) is 86.7 Å². The average Bonchev–Trinajstić information content (AvgIpc) is 2.20. The molecule has 0 aromatic carbocycles. The quantitative estimate of drug-likeness (QED) is 0.645. The van der Waals surface area contributed by atoms with Crippen molar-refractivity contribution in [2.24, 2.45) is 0 Å². The molecule has 0 saturated heterocycles. The van der Waals surface area contributed by atoms with Crippen molar-refractivity contribution in [2.75, 3.05) is 19.6 Å². The highest BCUT2D eigenvalue weighted by Gasteiger charge is 2.12. The smallest absolute Gasteiger partial charge is 0.305 e. The van der Waals surface area contributed by atoms with Crippen molar-refractivity contribution < 1.29 is 19.5 Å². The van der Waals surface area contributed by atoms with E-state index in [1.165, 1.54) is 17.9 Å². The Kier molecular flexibility index (Phi) is 7.42. The Balaban J connectivity index is 4.41. The first-order chi connectivity index (χ1) is 8.32. The third-order valence-electron chi connectivity index (χ3n) is 2.08. The lowest BCUT2D eigenvalue weighted by Gasteiger charge is -2.20. The van der Waals surface area contributed by atoms with Crippen LogP contribution in [-0.4, -0.2) is 47.4 Å². The second kappa shape index (κ2) is 8.27. The van der Waals surface area contributed by atoms with Crippen molar-refractivity contribution in [3.63, 3.8) is 0 Å². The van der Waals surface area contributed by atoms with Crippen molar-refractivity contribution in [3.05, 3.63) is 11.6 Å².